The van der Waals surface area contributed by atoms with E-state index in [0.29, 0.717) is 29.6 Å². The van der Waals surface area contributed by atoms with E-state index in [4.69, 9.17) is 0 Å². The van der Waals surface area contributed by atoms with E-state index in [-0.39, 0.29) is 23.3 Å². The Morgan fingerprint density at radius 2 is 1.67 bits per heavy atom. The van der Waals surface area contributed by atoms with E-state index >= 15 is 0 Å². The molecule has 0 saturated carbocycles. The molecule has 4 rings (SSSR count). The van der Waals surface area contributed by atoms with Gasteiger partial charge in [0, 0.05) is 36.6 Å². The highest BCUT2D eigenvalue weighted by Crippen LogP contribution is 2.29. The molecule has 8 nitrogen and oxygen atoms in total. The molecule has 0 spiro atoms. The van der Waals surface area contributed by atoms with Crippen LogP contribution >= 0.6 is 11.3 Å². The van der Waals surface area contributed by atoms with Gasteiger partial charge < -0.3 is 10.6 Å². The lowest BCUT2D eigenvalue weighted by atomic mass is 10.0. The molecule has 1 aliphatic heterocycles. The molecule has 2 N–H and O–H groups in total. The summed E-state index contributed by atoms with van der Waals surface area (Å²) in [7, 11) is -3.06. The third-order valence-electron chi connectivity index (χ3n) is 5.34. The van der Waals surface area contributed by atoms with Crippen LogP contribution in [0.3, 0.4) is 0 Å². The van der Waals surface area contributed by atoms with Crippen LogP contribution in [0.5, 0.6) is 0 Å². The molecule has 3 aromatic rings. The molecule has 0 aliphatic carbocycles. The van der Waals surface area contributed by atoms with E-state index < -0.39 is 15.9 Å². The normalized spacial score (nSPS) is 16.6. The molecule has 2 aromatic carbocycles. The molecular formula is C23H24N4O4S2. The van der Waals surface area contributed by atoms with Gasteiger partial charge in [0.1, 0.15) is 6.04 Å². The number of benzene rings is 2. The maximum absolute atomic E-state index is 13.3. The van der Waals surface area contributed by atoms with Crippen molar-refractivity contribution < 1.29 is 18.0 Å². The molecule has 172 valence electrons. The fourth-order valence-electron chi connectivity index (χ4n) is 3.71. The summed E-state index contributed by atoms with van der Waals surface area (Å²) < 4.78 is 23.7. The third-order valence-corrected chi connectivity index (χ3v) is 7.71. The smallest absolute Gasteiger partial charge is 0.248 e. The Morgan fingerprint density at radius 1 is 1.00 bits per heavy atom. The second-order valence-corrected chi connectivity index (χ2v) is 10.9. The highest BCUT2D eigenvalue weighted by Gasteiger charge is 2.32. The number of hydrogen-bond acceptors (Lipinski definition) is 7. The Labute approximate surface area is 196 Å². The molecule has 2 heterocycles. The zero-order valence-electron chi connectivity index (χ0n) is 18.0. The number of anilines is 2. The van der Waals surface area contributed by atoms with Crippen LogP contribution in [0.25, 0.3) is 11.3 Å². The van der Waals surface area contributed by atoms with E-state index in [2.05, 4.69) is 15.6 Å². The SMILES string of the molecule is CC(=O)Nc1ccc(-c2csc(NC(=O)C(c3ccccc3)N3CCS(=O)(=O)CC3)n2)cc1. The average Bonchev–Trinajstić information content (AvgIpc) is 3.24. The van der Waals surface area contributed by atoms with Crippen LogP contribution in [0.15, 0.2) is 60.0 Å². The van der Waals surface area contributed by atoms with Crippen LogP contribution in [-0.2, 0) is 19.4 Å². The molecule has 10 heteroatoms. The molecule has 0 bridgehead atoms. The first-order valence-corrected chi connectivity index (χ1v) is 13.1. The van der Waals surface area contributed by atoms with Crippen LogP contribution < -0.4 is 10.6 Å². The minimum Gasteiger partial charge on any atom is -0.326 e. The summed E-state index contributed by atoms with van der Waals surface area (Å²) in [6, 6.07) is 16.0. The van der Waals surface area contributed by atoms with Crippen LogP contribution in [0.1, 0.15) is 18.5 Å². The van der Waals surface area contributed by atoms with Crippen LogP contribution in [0.4, 0.5) is 10.8 Å². The molecule has 1 unspecified atom stereocenters. The minimum absolute atomic E-state index is 0.0412. The highest BCUT2D eigenvalue weighted by molar-refractivity contribution is 7.91. The summed E-state index contributed by atoms with van der Waals surface area (Å²) in [6.07, 6.45) is 0. The zero-order valence-corrected chi connectivity index (χ0v) is 19.7. The minimum atomic E-state index is -3.06. The maximum atomic E-state index is 13.3. The quantitative estimate of drug-likeness (QED) is 0.556. The lowest BCUT2D eigenvalue weighted by molar-refractivity contribution is -0.121. The van der Waals surface area contributed by atoms with E-state index in [9.17, 15) is 18.0 Å². The van der Waals surface area contributed by atoms with Crippen molar-refractivity contribution >= 4 is 43.8 Å². The number of sulfone groups is 1. The number of amides is 2. The van der Waals surface area contributed by atoms with Crippen molar-refractivity contribution in [3.8, 4) is 11.3 Å². The number of aromatic nitrogens is 1. The van der Waals surface area contributed by atoms with Crippen molar-refractivity contribution in [2.45, 2.75) is 13.0 Å². The first kappa shape index (κ1) is 23.1. The number of carbonyl (C=O) groups is 2. The summed E-state index contributed by atoms with van der Waals surface area (Å²) in [5.41, 5.74) is 3.08. The van der Waals surface area contributed by atoms with E-state index in [0.717, 1.165) is 11.1 Å². The fraction of sp³-hybridized carbons (Fsp3) is 0.261. The van der Waals surface area contributed by atoms with Gasteiger partial charge in [-0.25, -0.2) is 13.4 Å². The molecule has 2 amide bonds. The summed E-state index contributed by atoms with van der Waals surface area (Å²) >= 11 is 1.32. The highest BCUT2D eigenvalue weighted by atomic mass is 32.2. The van der Waals surface area contributed by atoms with Gasteiger partial charge in [0.15, 0.2) is 15.0 Å². The predicted molar refractivity (Wildman–Crippen MR) is 130 cm³/mol. The Hall–Kier alpha value is -3.08. The van der Waals surface area contributed by atoms with Crippen LogP contribution in [0, 0.1) is 0 Å². The van der Waals surface area contributed by atoms with Crippen LogP contribution in [-0.4, -0.2) is 54.7 Å². The predicted octanol–water partition coefficient (Wildman–Crippen LogP) is 3.18. The lowest BCUT2D eigenvalue weighted by Gasteiger charge is -2.33. The molecule has 1 atom stereocenters. The van der Waals surface area contributed by atoms with Crippen molar-refractivity contribution in [3.05, 3.63) is 65.5 Å². The molecule has 1 aromatic heterocycles. The van der Waals surface area contributed by atoms with Crippen molar-refractivity contribution in [2.24, 2.45) is 0 Å². The van der Waals surface area contributed by atoms with Gasteiger partial charge >= 0.3 is 0 Å². The van der Waals surface area contributed by atoms with Crippen molar-refractivity contribution in [1.29, 1.82) is 0 Å². The summed E-state index contributed by atoms with van der Waals surface area (Å²) in [4.78, 5) is 30.9. The van der Waals surface area contributed by atoms with E-state index in [1.54, 1.807) is 12.1 Å². The van der Waals surface area contributed by atoms with Gasteiger partial charge in [-0.1, -0.05) is 42.5 Å². The number of carbonyl (C=O) groups excluding carboxylic acids is 2. The number of nitrogens with one attached hydrogen (secondary N) is 2. The Balaban J connectivity index is 1.50. The number of nitrogens with zero attached hydrogens (tertiary/aromatic N) is 2. The van der Waals surface area contributed by atoms with Gasteiger partial charge in [0.25, 0.3) is 0 Å². The second-order valence-electron chi connectivity index (χ2n) is 7.79. The third kappa shape index (κ3) is 5.84. The Kier molecular flexibility index (Phi) is 6.87. The van der Waals surface area contributed by atoms with Crippen molar-refractivity contribution in [3.63, 3.8) is 0 Å². The number of thiazole rings is 1. The van der Waals surface area contributed by atoms with Crippen molar-refractivity contribution in [2.75, 3.05) is 35.2 Å². The molecule has 1 saturated heterocycles. The summed E-state index contributed by atoms with van der Waals surface area (Å²) in [5, 5.41) is 7.95. The molecule has 1 aliphatic rings. The molecule has 1 fully saturated rings. The first-order chi connectivity index (χ1) is 15.8. The standard InChI is InChI=1S/C23H24N4O4S2/c1-16(28)24-19-9-7-17(8-10-19)20-15-32-23(25-20)26-22(29)21(18-5-3-2-4-6-18)27-11-13-33(30,31)14-12-27/h2-10,15,21H,11-14H2,1H3,(H,24,28)(H,25,26,29). The Morgan fingerprint density at radius 3 is 2.30 bits per heavy atom. The largest absolute Gasteiger partial charge is 0.326 e. The first-order valence-electron chi connectivity index (χ1n) is 10.4. The summed E-state index contributed by atoms with van der Waals surface area (Å²) in [5.74, 6) is -0.304. The lowest BCUT2D eigenvalue weighted by Crippen LogP contribution is -2.46. The van der Waals surface area contributed by atoms with Gasteiger partial charge in [-0.3, -0.25) is 14.5 Å². The van der Waals surface area contributed by atoms with Gasteiger partial charge in [-0.15, -0.1) is 11.3 Å². The monoisotopic (exact) mass is 484 g/mol. The fourth-order valence-corrected chi connectivity index (χ4v) is 5.67. The van der Waals surface area contributed by atoms with Crippen LogP contribution in [0.2, 0.25) is 0 Å². The molecular weight excluding hydrogens is 460 g/mol. The Bertz CT molecular complexity index is 1230. The number of hydrogen-bond donors (Lipinski definition) is 2. The van der Waals surface area contributed by atoms with E-state index in [1.807, 2.05) is 52.7 Å². The maximum Gasteiger partial charge on any atom is 0.248 e. The van der Waals surface area contributed by atoms with Gasteiger partial charge in [0.2, 0.25) is 11.8 Å². The topological polar surface area (TPSA) is 108 Å². The summed E-state index contributed by atoms with van der Waals surface area (Å²) in [6.45, 7) is 2.06. The number of rotatable bonds is 6. The zero-order chi connectivity index (χ0) is 23.4. The molecule has 33 heavy (non-hydrogen) atoms. The van der Waals surface area contributed by atoms with Gasteiger partial charge in [0.05, 0.1) is 17.2 Å². The van der Waals surface area contributed by atoms with Gasteiger partial charge in [-0.2, -0.15) is 0 Å². The van der Waals surface area contributed by atoms with Gasteiger partial charge in [-0.05, 0) is 17.7 Å². The van der Waals surface area contributed by atoms with E-state index in [1.165, 1.54) is 18.3 Å². The second kappa shape index (κ2) is 9.82. The molecule has 0 radical (unpaired) electrons. The average molecular weight is 485 g/mol. The van der Waals surface area contributed by atoms with Crippen molar-refractivity contribution in [1.82, 2.24) is 9.88 Å².